The number of aliphatic hydroxyl groups is 1. The molecule has 0 heterocycles. The van der Waals surface area contributed by atoms with Crippen LogP contribution in [0.25, 0.3) is 6.08 Å². The van der Waals surface area contributed by atoms with Gasteiger partial charge in [-0.15, -0.1) is 0 Å². The molecule has 0 saturated heterocycles. The largest absolute Gasteiger partial charge is 1.00 e. The van der Waals surface area contributed by atoms with E-state index in [4.69, 9.17) is 10.2 Å². The Morgan fingerprint density at radius 3 is 2.13 bits per heavy atom. The summed E-state index contributed by atoms with van der Waals surface area (Å²) >= 11 is 0. The maximum atomic E-state index is 10.4. The molecule has 1 aromatic carbocycles. The fourth-order valence-electron chi connectivity index (χ4n) is 1.48. The van der Waals surface area contributed by atoms with Gasteiger partial charge >= 0.3 is 5.97 Å². The van der Waals surface area contributed by atoms with Gasteiger partial charge in [0.15, 0.2) is 0 Å². The second-order valence-electron chi connectivity index (χ2n) is 6.02. The molecule has 2 N–H and O–H groups in total. The van der Waals surface area contributed by atoms with E-state index in [2.05, 4.69) is 21.1 Å². The number of carboxylic acids is 1. The molecule has 0 atom stereocenters. The van der Waals surface area contributed by atoms with Crippen molar-refractivity contribution in [3.63, 3.8) is 0 Å². The van der Waals surface area contributed by atoms with Gasteiger partial charge in [-0.25, -0.2) is 4.79 Å². The van der Waals surface area contributed by atoms with E-state index in [0.717, 1.165) is 23.0 Å². The van der Waals surface area contributed by atoms with Crippen LogP contribution >= 0.6 is 0 Å². The number of benzene rings is 1. The maximum absolute atomic E-state index is 10.4. The van der Waals surface area contributed by atoms with Crippen LogP contribution in [0.15, 0.2) is 48.1 Å². The molecule has 1 aromatic rings. The number of aliphatic carboxylic acids is 1. The summed E-state index contributed by atoms with van der Waals surface area (Å²) in [6.07, 6.45) is 6.09. The summed E-state index contributed by atoms with van der Waals surface area (Å²) in [5.74, 6) is -0.886. The lowest BCUT2D eigenvalue weighted by Crippen LogP contribution is -3.00. The average Bonchev–Trinajstić information content (AvgIpc) is 2.46. The van der Waals surface area contributed by atoms with Crippen LogP contribution in [0.3, 0.4) is 0 Å². The molecule has 0 fully saturated rings. The standard InChI is InChI=1S/C12H12O2.C6H16NO.ClH/c1-10(12(13)14)6-5-9-11-7-3-2-4-8-11;1-7(2,3)5-4-6-8;/h2-9H,1H3,(H,13,14);8H,4-6H2,1-3H3;1H/q;+1;/p-1. The summed E-state index contributed by atoms with van der Waals surface area (Å²) < 4.78 is 0.945. The lowest BCUT2D eigenvalue weighted by atomic mass is 10.2. The molecular formula is C18H28ClNO3. The van der Waals surface area contributed by atoms with Gasteiger partial charge in [0, 0.05) is 18.6 Å². The van der Waals surface area contributed by atoms with Crippen LogP contribution < -0.4 is 12.4 Å². The third-order valence-corrected chi connectivity index (χ3v) is 2.76. The van der Waals surface area contributed by atoms with Gasteiger partial charge in [-0.2, -0.15) is 0 Å². The number of hydrogen-bond acceptors (Lipinski definition) is 2. The Hall–Kier alpha value is -1.62. The van der Waals surface area contributed by atoms with Crippen LogP contribution in [0.4, 0.5) is 0 Å². The monoisotopic (exact) mass is 341 g/mol. The fraction of sp³-hybridized carbons (Fsp3) is 0.389. The van der Waals surface area contributed by atoms with Gasteiger partial charge in [0.25, 0.3) is 0 Å². The number of quaternary nitrogens is 1. The van der Waals surface area contributed by atoms with Crippen molar-refractivity contribution in [2.75, 3.05) is 34.3 Å². The molecule has 1 rings (SSSR count). The molecule has 5 heteroatoms. The lowest BCUT2D eigenvalue weighted by molar-refractivity contribution is -0.870. The van der Waals surface area contributed by atoms with Crippen LogP contribution in [0.2, 0.25) is 0 Å². The predicted molar refractivity (Wildman–Crippen MR) is 91.5 cm³/mol. The first kappa shape index (κ1) is 23.6. The number of carboxylic acid groups (broad SMARTS) is 1. The van der Waals surface area contributed by atoms with E-state index in [1.807, 2.05) is 36.4 Å². The first-order chi connectivity index (χ1) is 10.3. The molecule has 0 saturated carbocycles. The molecule has 0 bridgehead atoms. The van der Waals surface area contributed by atoms with Gasteiger partial charge < -0.3 is 27.1 Å². The molecule has 0 aliphatic rings. The number of carbonyl (C=O) groups is 1. The highest BCUT2D eigenvalue weighted by atomic mass is 35.5. The summed E-state index contributed by atoms with van der Waals surface area (Å²) in [4.78, 5) is 10.4. The van der Waals surface area contributed by atoms with Crippen molar-refractivity contribution in [2.45, 2.75) is 13.3 Å². The zero-order valence-electron chi connectivity index (χ0n) is 14.4. The summed E-state index contributed by atoms with van der Waals surface area (Å²) in [5.41, 5.74) is 1.39. The predicted octanol–water partition coefficient (Wildman–Crippen LogP) is -0.190. The average molecular weight is 342 g/mol. The highest BCUT2D eigenvalue weighted by molar-refractivity contribution is 5.86. The van der Waals surface area contributed by atoms with Gasteiger partial charge in [0.05, 0.1) is 27.7 Å². The van der Waals surface area contributed by atoms with Gasteiger partial charge in [-0.3, -0.25) is 0 Å². The highest BCUT2D eigenvalue weighted by Gasteiger charge is 2.03. The quantitative estimate of drug-likeness (QED) is 0.428. The number of hydrogen-bond donors (Lipinski definition) is 2. The Labute approximate surface area is 145 Å². The minimum absolute atomic E-state index is 0. The van der Waals surface area contributed by atoms with Crippen molar-refractivity contribution >= 4 is 12.0 Å². The molecule has 23 heavy (non-hydrogen) atoms. The van der Waals surface area contributed by atoms with Crippen LogP contribution in [-0.4, -0.2) is 55.0 Å². The fourth-order valence-corrected chi connectivity index (χ4v) is 1.48. The lowest BCUT2D eigenvalue weighted by Gasteiger charge is -2.22. The zero-order valence-corrected chi connectivity index (χ0v) is 15.1. The highest BCUT2D eigenvalue weighted by Crippen LogP contribution is 2.02. The van der Waals surface area contributed by atoms with E-state index in [-0.39, 0.29) is 12.4 Å². The number of nitrogens with zero attached hydrogens (tertiary/aromatic N) is 1. The van der Waals surface area contributed by atoms with Crippen molar-refractivity contribution in [3.8, 4) is 0 Å². The molecule has 0 radical (unpaired) electrons. The molecule has 0 amide bonds. The van der Waals surface area contributed by atoms with Crippen LogP contribution in [0.5, 0.6) is 0 Å². The Balaban J connectivity index is 0. The van der Waals surface area contributed by atoms with Crippen molar-refractivity contribution in [2.24, 2.45) is 0 Å². The van der Waals surface area contributed by atoms with E-state index in [9.17, 15) is 4.79 Å². The minimum atomic E-state index is -0.886. The van der Waals surface area contributed by atoms with Gasteiger partial charge in [0.1, 0.15) is 0 Å². The summed E-state index contributed by atoms with van der Waals surface area (Å²) in [7, 11) is 6.36. The van der Waals surface area contributed by atoms with Crippen molar-refractivity contribution in [1.29, 1.82) is 0 Å². The minimum Gasteiger partial charge on any atom is -1.00 e. The second-order valence-corrected chi connectivity index (χ2v) is 6.02. The Morgan fingerprint density at radius 2 is 1.74 bits per heavy atom. The molecule has 130 valence electrons. The van der Waals surface area contributed by atoms with Crippen molar-refractivity contribution < 1.29 is 31.9 Å². The van der Waals surface area contributed by atoms with E-state index >= 15 is 0 Å². The Morgan fingerprint density at radius 1 is 1.17 bits per heavy atom. The smallest absolute Gasteiger partial charge is 0.331 e. The Kier molecular flexibility index (Phi) is 13.2. The Bertz CT molecular complexity index is 491. The molecule has 4 nitrogen and oxygen atoms in total. The summed E-state index contributed by atoms with van der Waals surface area (Å²) in [6.45, 7) is 2.93. The van der Waals surface area contributed by atoms with E-state index in [0.29, 0.717) is 12.2 Å². The topological polar surface area (TPSA) is 57.5 Å². The zero-order chi connectivity index (χ0) is 17.0. The van der Waals surface area contributed by atoms with Crippen molar-refractivity contribution in [1.82, 2.24) is 0 Å². The third-order valence-electron chi connectivity index (χ3n) is 2.76. The van der Waals surface area contributed by atoms with Crippen LogP contribution in [0.1, 0.15) is 18.9 Å². The first-order valence-electron chi connectivity index (χ1n) is 7.31. The normalized spacial score (nSPS) is 11.4. The summed E-state index contributed by atoms with van der Waals surface area (Å²) in [5, 5.41) is 17.0. The molecule has 0 unspecified atom stereocenters. The van der Waals surface area contributed by atoms with Gasteiger partial charge in [0.2, 0.25) is 0 Å². The molecule has 0 aromatic heterocycles. The second kappa shape index (κ2) is 12.9. The van der Waals surface area contributed by atoms with E-state index in [1.165, 1.54) is 0 Å². The van der Waals surface area contributed by atoms with Crippen LogP contribution in [-0.2, 0) is 4.79 Å². The summed E-state index contributed by atoms with van der Waals surface area (Å²) in [6, 6.07) is 9.73. The first-order valence-corrected chi connectivity index (χ1v) is 7.31. The number of allylic oxidation sites excluding steroid dienone is 2. The molecule has 0 aliphatic heterocycles. The van der Waals surface area contributed by atoms with Gasteiger partial charge in [-0.05, 0) is 12.5 Å². The number of aliphatic hydroxyl groups excluding tert-OH is 1. The maximum Gasteiger partial charge on any atom is 0.331 e. The SMILES string of the molecule is CC(=CC=Cc1ccccc1)C(=O)O.C[N+](C)(C)CCCO.[Cl-]. The molecule has 0 spiro atoms. The molecule has 0 aliphatic carbocycles. The number of rotatable bonds is 6. The number of halogens is 1. The molecular weight excluding hydrogens is 314 g/mol. The van der Waals surface area contributed by atoms with Gasteiger partial charge in [-0.1, -0.05) is 48.6 Å². The van der Waals surface area contributed by atoms with Crippen LogP contribution in [0, 0.1) is 0 Å². The van der Waals surface area contributed by atoms with Crippen molar-refractivity contribution in [3.05, 3.63) is 53.6 Å². The van der Waals surface area contributed by atoms with E-state index < -0.39 is 5.97 Å². The third kappa shape index (κ3) is 15.1. The van der Waals surface area contributed by atoms with E-state index in [1.54, 1.807) is 19.1 Å².